The van der Waals surface area contributed by atoms with Crippen LogP contribution in [0, 0.1) is 0 Å². The van der Waals surface area contributed by atoms with Crippen LogP contribution in [-0.2, 0) is 14.3 Å². The topological polar surface area (TPSA) is 95.9 Å². The van der Waals surface area contributed by atoms with E-state index in [0.29, 0.717) is 19.3 Å². The predicted molar refractivity (Wildman–Crippen MR) is 287 cm³/mol. The molecule has 0 aromatic rings. The van der Waals surface area contributed by atoms with Crippen LogP contribution in [0.4, 0.5) is 0 Å². The smallest absolute Gasteiger partial charge is 0.306 e. The minimum atomic E-state index is -0.809. The Labute approximate surface area is 408 Å². The fourth-order valence-corrected chi connectivity index (χ4v) is 8.07. The summed E-state index contributed by atoms with van der Waals surface area (Å²) < 4.78 is 5.92. The van der Waals surface area contributed by atoms with Crippen molar-refractivity contribution < 1.29 is 24.5 Å². The SMILES string of the molecule is CC/C=C/C=C/C=C/CCCCCCCCCC(=O)OC(CCC/C=C\C/C=C\C/C=C\C/C=C\CCCCC)CC(=O)NC(CO)C(O)CCCCCCCCCCCCCCCCC. The summed E-state index contributed by atoms with van der Waals surface area (Å²) in [5, 5.41) is 23.8. The third-order valence-corrected chi connectivity index (χ3v) is 12.3. The molecule has 0 saturated carbocycles. The first-order valence-corrected chi connectivity index (χ1v) is 27.8. The van der Waals surface area contributed by atoms with Crippen molar-refractivity contribution >= 4 is 11.9 Å². The number of hydrogen-bond donors (Lipinski definition) is 3. The zero-order chi connectivity index (χ0) is 48.1. The van der Waals surface area contributed by atoms with Gasteiger partial charge in [0.25, 0.3) is 0 Å². The molecule has 380 valence electrons. The zero-order valence-corrected chi connectivity index (χ0v) is 43.3. The second-order valence-electron chi connectivity index (χ2n) is 18.7. The van der Waals surface area contributed by atoms with E-state index in [-0.39, 0.29) is 24.9 Å². The molecule has 1 amide bonds. The molecular formula is C60H105NO5. The maximum absolute atomic E-state index is 13.2. The minimum Gasteiger partial charge on any atom is -0.462 e. The van der Waals surface area contributed by atoms with E-state index < -0.39 is 18.2 Å². The Morgan fingerprint density at radius 2 is 0.894 bits per heavy atom. The highest BCUT2D eigenvalue weighted by molar-refractivity contribution is 5.77. The molecule has 6 heteroatoms. The van der Waals surface area contributed by atoms with Gasteiger partial charge in [0, 0.05) is 6.42 Å². The van der Waals surface area contributed by atoms with Crippen LogP contribution in [-0.4, -0.2) is 46.9 Å². The van der Waals surface area contributed by atoms with E-state index in [9.17, 15) is 19.8 Å². The van der Waals surface area contributed by atoms with Crippen molar-refractivity contribution in [3.63, 3.8) is 0 Å². The van der Waals surface area contributed by atoms with E-state index in [0.717, 1.165) is 83.5 Å². The zero-order valence-electron chi connectivity index (χ0n) is 43.3. The molecular weight excluding hydrogens is 815 g/mol. The van der Waals surface area contributed by atoms with Crippen LogP contribution in [0.5, 0.6) is 0 Å². The number of carbonyl (C=O) groups excluding carboxylic acids is 2. The number of allylic oxidation sites excluding steroid dienone is 14. The molecule has 3 unspecified atom stereocenters. The Bertz CT molecular complexity index is 1260. The van der Waals surface area contributed by atoms with Crippen molar-refractivity contribution in [2.24, 2.45) is 0 Å². The minimum absolute atomic E-state index is 0.0317. The standard InChI is InChI=1S/C60H105NO5/c1-4-7-10-13-16-19-22-25-28-29-32-33-36-39-42-45-48-51-56(66-60(65)53-50-47-44-41-38-35-31-27-24-21-18-15-12-9-6-3)54-59(64)61-57(55-62)58(63)52-49-46-43-40-37-34-30-26-23-20-17-14-11-8-5-2/h9,12,15-16,18-19,21,24-25,28,32-33,39,42,56-58,62-63H,4-8,10-11,13-14,17,20,22-23,26-27,29-31,34-38,40-41,43-55H2,1-3H3,(H,61,64)/b12-9+,18-15+,19-16-,24-21+,28-25-,33-32-,42-39-. The monoisotopic (exact) mass is 920 g/mol. The summed E-state index contributed by atoms with van der Waals surface area (Å²) in [6, 6.07) is -0.726. The maximum Gasteiger partial charge on any atom is 0.306 e. The Kier molecular flexibility index (Phi) is 50.6. The third-order valence-electron chi connectivity index (χ3n) is 12.3. The van der Waals surface area contributed by atoms with Crippen molar-refractivity contribution in [2.75, 3.05) is 6.61 Å². The van der Waals surface area contributed by atoms with Crippen molar-refractivity contribution in [2.45, 2.75) is 277 Å². The average Bonchev–Trinajstić information content (AvgIpc) is 3.31. The molecule has 66 heavy (non-hydrogen) atoms. The number of hydrogen-bond acceptors (Lipinski definition) is 5. The van der Waals surface area contributed by atoms with E-state index in [1.165, 1.54) is 128 Å². The lowest BCUT2D eigenvalue weighted by Crippen LogP contribution is -2.46. The first-order chi connectivity index (χ1) is 32.5. The number of carbonyl (C=O) groups is 2. The lowest BCUT2D eigenvalue weighted by Gasteiger charge is -2.24. The Morgan fingerprint density at radius 1 is 0.470 bits per heavy atom. The number of nitrogens with one attached hydrogen (secondary N) is 1. The number of unbranched alkanes of at least 4 members (excludes halogenated alkanes) is 25. The van der Waals surface area contributed by atoms with Crippen molar-refractivity contribution in [3.8, 4) is 0 Å². The molecule has 0 aromatic carbocycles. The van der Waals surface area contributed by atoms with Crippen LogP contribution in [0.15, 0.2) is 85.1 Å². The summed E-state index contributed by atoms with van der Waals surface area (Å²) in [6.07, 6.45) is 69.3. The van der Waals surface area contributed by atoms with Crippen LogP contribution in [0.3, 0.4) is 0 Å². The van der Waals surface area contributed by atoms with Crippen molar-refractivity contribution in [3.05, 3.63) is 85.1 Å². The van der Waals surface area contributed by atoms with Crippen LogP contribution in [0.25, 0.3) is 0 Å². The summed E-state index contributed by atoms with van der Waals surface area (Å²) in [5.41, 5.74) is 0. The third kappa shape index (κ3) is 47.5. The average molecular weight is 921 g/mol. The molecule has 0 saturated heterocycles. The molecule has 0 aromatic heterocycles. The van der Waals surface area contributed by atoms with Gasteiger partial charge in [-0.3, -0.25) is 9.59 Å². The lowest BCUT2D eigenvalue weighted by molar-refractivity contribution is -0.151. The van der Waals surface area contributed by atoms with Crippen LogP contribution in [0.2, 0.25) is 0 Å². The van der Waals surface area contributed by atoms with Gasteiger partial charge in [0.2, 0.25) is 5.91 Å². The molecule has 0 rings (SSSR count). The van der Waals surface area contributed by atoms with Gasteiger partial charge in [0.15, 0.2) is 0 Å². The van der Waals surface area contributed by atoms with Crippen molar-refractivity contribution in [1.82, 2.24) is 5.32 Å². The summed E-state index contributed by atoms with van der Waals surface area (Å²) in [6.45, 7) is 6.32. The van der Waals surface area contributed by atoms with E-state index in [2.05, 4.69) is 111 Å². The highest BCUT2D eigenvalue weighted by atomic mass is 16.5. The number of ether oxygens (including phenoxy) is 1. The van der Waals surface area contributed by atoms with Gasteiger partial charge in [-0.05, 0) is 83.5 Å². The van der Waals surface area contributed by atoms with E-state index in [1.807, 2.05) is 0 Å². The molecule has 6 nitrogen and oxygen atoms in total. The summed E-state index contributed by atoms with van der Waals surface area (Å²) in [7, 11) is 0. The number of aliphatic hydroxyl groups is 2. The summed E-state index contributed by atoms with van der Waals surface area (Å²) >= 11 is 0. The molecule has 0 spiro atoms. The molecule has 0 heterocycles. The van der Waals surface area contributed by atoms with Gasteiger partial charge >= 0.3 is 5.97 Å². The summed E-state index contributed by atoms with van der Waals surface area (Å²) in [4.78, 5) is 26.2. The molecule has 3 atom stereocenters. The molecule has 0 aliphatic carbocycles. The second-order valence-corrected chi connectivity index (χ2v) is 18.7. The van der Waals surface area contributed by atoms with Gasteiger partial charge in [0.1, 0.15) is 6.10 Å². The van der Waals surface area contributed by atoms with Gasteiger partial charge in [-0.25, -0.2) is 0 Å². The van der Waals surface area contributed by atoms with Crippen LogP contribution in [0.1, 0.15) is 258 Å². The Balaban J connectivity index is 4.69. The largest absolute Gasteiger partial charge is 0.462 e. The molecule has 0 aliphatic heterocycles. The normalized spacial score (nSPS) is 13.8. The van der Waals surface area contributed by atoms with E-state index in [1.54, 1.807) is 0 Å². The molecule has 0 aliphatic rings. The van der Waals surface area contributed by atoms with Gasteiger partial charge in [-0.2, -0.15) is 0 Å². The Hall–Kier alpha value is -2.96. The van der Waals surface area contributed by atoms with Gasteiger partial charge in [-0.15, -0.1) is 0 Å². The molecule has 3 N–H and O–H groups in total. The highest BCUT2D eigenvalue weighted by Gasteiger charge is 2.24. The van der Waals surface area contributed by atoms with Crippen LogP contribution >= 0.6 is 0 Å². The maximum atomic E-state index is 13.2. The first kappa shape index (κ1) is 63.0. The number of amides is 1. The molecule has 0 fully saturated rings. The molecule has 0 radical (unpaired) electrons. The number of aliphatic hydroxyl groups excluding tert-OH is 2. The predicted octanol–water partition coefficient (Wildman–Crippen LogP) is 17.1. The van der Waals surface area contributed by atoms with Crippen LogP contribution < -0.4 is 5.32 Å². The van der Waals surface area contributed by atoms with E-state index >= 15 is 0 Å². The fraction of sp³-hybridized carbons (Fsp3) is 0.733. The number of esters is 1. The summed E-state index contributed by atoms with van der Waals surface area (Å²) in [5.74, 6) is -0.542. The van der Waals surface area contributed by atoms with Gasteiger partial charge in [0.05, 0.1) is 25.2 Å². The van der Waals surface area contributed by atoms with Gasteiger partial charge in [-0.1, -0.05) is 247 Å². The lowest BCUT2D eigenvalue weighted by atomic mass is 10.0. The van der Waals surface area contributed by atoms with Crippen molar-refractivity contribution in [1.29, 1.82) is 0 Å². The highest BCUT2D eigenvalue weighted by Crippen LogP contribution is 2.17. The molecule has 0 bridgehead atoms. The van der Waals surface area contributed by atoms with E-state index in [4.69, 9.17) is 4.74 Å². The van der Waals surface area contributed by atoms with Gasteiger partial charge < -0.3 is 20.3 Å². The quantitative estimate of drug-likeness (QED) is 0.0245. The first-order valence-electron chi connectivity index (χ1n) is 27.8. The fourth-order valence-electron chi connectivity index (χ4n) is 8.07. The number of rotatable bonds is 49. The Morgan fingerprint density at radius 3 is 1.42 bits per heavy atom. The second kappa shape index (κ2) is 53.0.